The van der Waals surface area contributed by atoms with Crippen molar-refractivity contribution in [3.05, 3.63) is 54.1 Å². The molecule has 0 bridgehead atoms. The molecule has 21 heavy (non-hydrogen) atoms. The van der Waals surface area contributed by atoms with E-state index in [-0.39, 0.29) is 11.9 Å². The summed E-state index contributed by atoms with van der Waals surface area (Å²) in [5.74, 6) is 0.622. The zero-order valence-corrected chi connectivity index (χ0v) is 12.5. The second kappa shape index (κ2) is 6.79. The van der Waals surface area contributed by atoms with Crippen LogP contribution >= 0.6 is 0 Å². The number of anilines is 2. The number of nitrogens with one attached hydrogen (secondary N) is 2. The average Bonchev–Trinajstić information content (AvgIpc) is 2.50. The molecule has 0 heterocycles. The van der Waals surface area contributed by atoms with Crippen molar-refractivity contribution in [1.29, 1.82) is 0 Å². The molecule has 2 rings (SSSR count). The molecule has 1 atom stereocenters. The Labute approximate surface area is 125 Å². The Hall–Kier alpha value is -2.49. The Kier molecular flexibility index (Phi) is 4.82. The van der Waals surface area contributed by atoms with Gasteiger partial charge in [0.2, 0.25) is 5.91 Å². The summed E-state index contributed by atoms with van der Waals surface area (Å²) in [6, 6.07) is 14.9. The van der Waals surface area contributed by atoms with Crippen LogP contribution < -0.4 is 15.4 Å². The summed E-state index contributed by atoms with van der Waals surface area (Å²) >= 11 is 0. The molecule has 0 saturated heterocycles. The summed E-state index contributed by atoms with van der Waals surface area (Å²) in [6.45, 7) is 3.83. The largest absolute Gasteiger partial charge is 0.495 e. The van der Waals surface area contributed by atoms with E-state index in [0.29, 0.717) is 5.75 Å². The van der Waals surface area contributed by atoms with Crippen LogP contribution in [0.4, 0.5) is 11.4 Å². The Bertz CT molecular complexity index is 608. The fourth-order valence-corrected chi connectivity index (χ4v) is 1.95. The van der Waals surface area contributed by atoms with Crippen molar-refractivity contribution in [2.24, 2.45) is 0 Å². The first kappa shape index (κ1) is 14.9. The summed E-state index contributed by atoms with van der Waals surface area (Å²) in [7, 11) is 1.61. The first-order chi connectivity index (χ1) is 10.1. The molecule has 2 N–H and O–H groups in total. The fourth-order valence-electron chi connectivity index (χ4n) is 1.95. The molecule has 4 heteroatoms. The van der Waals surface area contributed by atoms with Gasteiger partial charge < -0.3 is 15.4 Å². The van der Waals surface area contributed by atoms with E-state index in [1.165, 1.54) is 0 Å². The number of hydrogen-bond donors (Lipinski definition) is 2. The lowest BCUT2D eigenvalue weighted by atomic mass is 10.2. The maximum absolute atomic E-state index is 12.2. The maximum atomic E-state index is 12.2. The van der Waals surface area contributed by atoms with Gasteiger partial charge in [-0.05, 0) is 38.1 Å². The Morgan fingerprint density at radius 2 is 1.76 bits per heavy atom. The topological polar surface area (TPSA) is 50.4 Å². The fraction of sp³-hybridized carbons (Fsp3) is 0.235. The van der Waals surface area contributed by atoms with Crippen molar-refractivity contribution < 1.29 is 9.53 Å². The van der Waals surface area contributed by atoms with Crippen LogP contribution in [0.5, 0.6) is 5.75 Å². The van der Waals surface area contributed by atoms with Crippen molar-refractivity contribution >= 4 is 17.3 Å². The summed E-state index contributed by atoms with van der Waals surface area (Å²) in [5.41, 5.74) is 2.75. The number of ether oxygens (including phenoxy) is 1. The van der Waals surface area contributed by atoms with Crippen LogP contribution in [0.3, 0.4) is 0 Å². The highest BCUT2D eigenvalue weighted by Gasteiger charge is 2.14. The lowest BCUT2D eigenvalue weighted by Crippen LogP contribution is -2.32. The molecule has 2 aromatic carbocycles. The molecular weight excluding hydrogens is 264 g/mol. The molecule has 0 saturated carbocycles. The normalized spacial score (nSPS) is 11.6. The second-order valence-electron chi connectivity index (χ2n) is 4.92. The zero-order chi connectivity index (χ0) is 15.2. The van der Waals surface area contributed by atoms with Crippen molar-refractivity contribution in [3.63, 3.8) is 0 Å². The molecule has 4 nitrogen and oxygen atoms in total. The molecular formula is C17H20N2O2. The van der Waals surface area contributed by atoms with Crippen LogP contribution in [-0.2, 0) is 4.79 Å². The Morgan fingerprint density at radius 1 is 1.10 bits per heavy atom. The summed E-state index contributed by atoms with van der Waals surface area (Å²) < 4.78 is 5.26. The number of aryl methyl sites for hydroxylation is 1. The van der Waals surface area contributed by atoms with Gasteiger partial charge in [0.15, 0.2) is 0 Å². The van der Waals surface area contributed by atoms with Gasteiger partial charge in [-0.3, -0.25) is 4.79 Å². The maximum Gasteiger partial charge on any atom is 0.246 e. The molecule has 0 aliphatic heterocycles. The third-order valence-electron chi connectivity index (χ3n) is 3.19. The van der Waals surface area contributed by atoms with Crippen molar-refractivity contribution in [1.82, 2.24) is 0 Å². The average molecular weight is 284 g/mol. The number of carbonyl (C=O) groups is 1. The Balaban J connectivity index is 2.01. The molecule has 0 fully saturated rings. The SMILES string of the molecule is COc1ccccc1NC(C)C(=O)Nc1ccc(C)cc1. The van der Waals surface area contributed by atoms with E-state index in [9.17, 15) is 4.79 Å². The van der Waals surface area contributed by atoms with Crippen molar-refractivity contribution in [2.45, 2.75) is 19.9 Å². The molecule has 0 aromatic heterocycles. The van der Waals surface area contributed by atoms with Gasteiger partial charge in [0.05, 0.1) is 12.8 Å². The smallest absolute Gasteiger partial charge is 0.246 e. The summed E-state index contributed by atoms with van der Waals surface area (Å²) in [4.78, 5) is 12.2. The molecule has 0 aliphatic carbocycles. The summed E-state index contributed by atoms with van der Waals surface area (Å²) in [6.07, 6.45) is 0. The van der Waals surface area contributed by atoms with Crippen LogP contribution in [0.25, 0.3) is 0 Å². The van der Waals surface area contributed by atoms with Gasteiger partial charge in [-0.1, -0.05) is 29.8 Å². The van der Waals surface area contributed by atoms with E-state index in [1.54, 1.807) is 7.11 Å². The highest BCUT2D eigenvalue weighted by atomic mass is 16.5. The highest BCUT2D eigenvalue weighted by Crippen LogP contribution is 2.23. The Morgan fingerprint density at radius 3 is 2.43 bits per heavy atom. The molecule has 110 valence electrons. The van der Waals surface area contributed by atoms with E-state index in [4.69, 9.17) is 4.74 Å². The minimum Gasteiger partial charge on any atom is -0.495 e. The first-order valence-corrected chi connectivity index (χ1v) is 6.87. The predicted molar refractivity (Wildman–Crippen MR) is 85.9 cm³/mol. The van der Waals surface area contributed by atoms with Gasteiger partial charge in [-0.25, -0.2) is 0 Å². The second-order valence-corrected chi connectivity index (χ2v) is 4.92. The number of methoxy groups -OCH3 is 1. The molecule has 0 radical (unpaired) electrons. The number of carbonyl (C=O) groups excluding carboxylic acids is 1. The molecule has 1 amide bonds. The lowest BCUT2D eigenvalue weighted by Gasteiger charge is -2.17. The quantitative estimate of drug-likeness (QED) is 0.884. The number of rotatable bonds is 5. The molecule has 0 aliphatic rings. The minimum absolute atomic E-state index is 0.0928. The van der Waals surface area contributed by atoms with Gasteiger partial charge >= 0.3 is 0 Å². The third-order valence-corrected chi connectivity index (χ3v) is 3.19. The number of amides is 1. The van der Waals surface area contributed by atoms with Gasteiger partial charge in [0.25, 0.3) is 0 Å². The van der Waals surface area contributed by atoms with E-state index in [1.807, 2.05) is 62.4 Å². The predicted octanol–water partition coefficient (Wildman–Crippen LogP) is 3.44. The lowest BCUT2D eigenvalue weighted by molar-refractivity contribution is -0.116. The monoisotopic (exact) mass is 284 g/mol. The van der Waals surface area contributed by atoms with Gasteiger partial charge in [-0.15, -0.1) is 0 Å². The minimum atomic E-state index is -0.373. The van der Waals surface area contributed by atoms with E-state index < -0.39 is 0 Å². The first-order valence-electron chi connectivity index (χ1n) is 6.87. The molecule has 1 unspecified atom stereocenters. The van der Waals surface area contributed by atoms with Crippen LogP contribution in [0.2, 0.25) is 0 Å². The van der Waals surface area contributed by atoms with Gasteiger partial charge in [0, 0.05) is 5.69 Å². The zero-order valence-electron chi connectivity index (χ0n) is 12.5. The number of benzene rings is 2. The van der Waals surface area contributed by atoms with E-state index in [2.05, 4.69) is 10.6 Å². The summed E-state index contributed by atoms with van der Waals surface area (Å²) in [5, 5.41) is 6.04. The van der Waals surface area contributed by atoms with Gasteiger partial charge in [-0.2, -0.15) is 0 Å². The highest BCUT2D eigenvalue weighted by molar-refractivity contribution is 5.96. The van der Waals surface area contributed by atoms with Gasteiger partial charge in [0.1, 0.15) is 11.8 Å². The van der Waals surface area contributed by atoms with Crippen LogP contribution in [-0.4, -0.2) is 19.1 Å². The number of hydrogen-bond acceptors (Lipinski definition) is 3. The van der Waals surface area contributed by atoms with Crippen molar-refractivity contribution in [2.75, 3.05) is 17.7 Å². The standard InChI is InChI=1S/C17H20N2O2/c1-12-8-10-14(11-9-12)19-17(20)13(2)18-15-6-4-5-7-16(15)21-3/h4-11,13,18H,1-3H3,(H,19,20). The number of para-hydroxylation sites is 2. The third kappa shape index (κ3) is 3.99. The molecule has 2 aromatic rings. The van der Waals surface area contributed by atoms with Crippen molar-refractivity contribution in [3.8, 4) is 5.75 Å². The molecule has 0 spiro atoms. The van der Waals surface area contributed by atoms with E-state index >= 15 is 0 Å². The van der Waals surface area contributed by atoms with Crippen LogP contribution in [0, 0.1) is 6.92 Å². The van der Waals surface area contributed by atoms with Crippen LogP contribution in [0.15, 0.2) is 48.5 Å². The van der Waals surface area contributed by atoms with E-state index in [0.717, 1.165) is 16.9 Å². The van der Waals surface area contributed by atoms with Crippen LogP contribution in [0.1, 0.15) is 12.5 Å².